The highest BCUT2D eigenvalue weighted by Gasteiger charge is 2.48. The second kappa shape index (κ2) is 11.7. The minimum atomic E-state index is -1.58. The number of esters is 4. The maximum atomic E-state index is 11.8. The Morgan fingerprint density at radius 3 is 2.00 bits per heavy atom. The van der Waals surface area contributed by atoms with E-state index in [2.05, 4.69) is 5.32 Å². The molecule has 0 aromatic carbocycles. The number of carbonyl (C=O) groups is 6. The van der Waals surface area contributed by atoms with Gasteiger partial charge in [0, 0.05) is 40.7 Å². The van der Waals surface area contributed by atoms with E-state index >= 15 is 0 Å². The number of carboxylic acids is 1. The van der Waals surface area contributed by atoms with Crippen LogP contribution in [0.1, 0.15) is 34.6 Å². The van der Waals surface area contributed by atoms with E-state index in [1.165, 1.54) is 0 Å². The number of ether oxygens (including phenoxy) is 5. The molecule has 178 valence electrons. The van der Waals surface area contributed by atoms with Crippen molar-refractivity contribution < 1.29 is 57.6 Å². The Morgan fingerprint density at radius 2 is 1.56 bits per heavy atom. The summed E-state index contributed by atoms with van der Waals surface area (Å²) < 4.78 is 25.8. The van der Waals surface area contributed by atoms with Crippen LogP contribution < -0.4 is 5.32 Å². The number of carbonyl (C=O) groups excluding carboxylic acids is 5. The third-order valence-electron chi connectivity index (χ3n) is 3.93. The van der Waals surface area contributed by atoms with Crippen molar-refractivity contribution in [2.45, 2.75) is 65.1 Å². The molecule has 5 unspecified atom stereocenters. The topological polar surface area (TPSA) is 181 Å². The van der Waals surface area contributed by atoms with Crippen LogP contribution in [0.3, 0.4) is 0 Å². The molecule has 32 heavy (non-hydrogen) atoms. The summed E-state index contributed by atoms with van der Waals surface area (Å²) in [7, 11) is 0. The SMILES string of the molecule is CC(=O)NC1C(OC(C)=O)C=C(C(=O)O)OC1C(OC(C)=O)C(COC(C)=O)OC(C)=O. The number of nitrogens with one attached hydrogen (secondary N) is 1. The van der Waals surface area contributed by atoms with E-state index in [-0.39, 0.29) is 0 Å². The zero-order chi connectivity index (χ0) is 24.6. The maximum Gasteiger partial charge on any atom is 0.370 e. The standard InChI is InChI=1S/C19H25NO12/c1-8(21)20-16-13(29-10(3)23)6-14(19(26)27)32-18(16)17(31-12(5)25)15(30-11(4)24)7-28-9(2)22/h6,13,15-18H,7H2,1-5H3,(H,20,21)(H,26,27). The predicted octanol–water partition coefficient (Wildman–Crippen LogP) is -0.783. The van der Waals surface area contributed by atoms with Gasteiger partial charge in [-0.25, -0.2) is 4.79 Å². The molecule has 0 bridgehead atoms. The summed E-state index contributed by atoms with van der Waals surface area (Å²) in [6, 6.07) is -1.26. The van der Waals surface area contributed by atoms with E-state index < -0.39 is 78.6 Å². The number of amides is 1. The van der Waals surface area contributed by atoms with Crippen molar-refractivity contribution in [3.8, 4) is 0 Å². The molecule has 13 heteroatoms. The Labute approximate surface area is 182 Å². The first-order valence-corrected chi connectivity index (χ1v) is 9.35. The molecule has 1 amide bonds. The summed E-state index contributed by atoms with van der Waals surface area (Å²) in [5.74, 6) is -6.08. The summed E-state index contributed by atoms with van der Waals surface area (Å²) >= 11 is 0. The van der Waals surface area contributed by atoms with Crippen molar-refractivity contribution in [2.75, 3.05) is 6.61 Å². The van der Waals surface area contributed by atoms with Crippen LogP contribution in [0, 0.1) is 0 Å². The first-order valence-electron chi connectivity index (χ1n) is 9.35. The lowest BCUT2D eigenvalue weighted by molar-refractivity contribution is -0.191. The highest BCUT2D eigenvalue weighted by Crippen LogP contribution is 2.28. The molecule has 1 aliphatic heterocycles. The van der Waals surface area contributed by atoms with Crippen LogP contribution in [0.2, 0.25) is 0 Å². The summed E-state index contributed by atoms with van der Waals surface area (Å²) in [5, 5.41) is 11.9. The van der Waals surface area contributed by atoms with Crippen molar-refractivity contribution >= 4 is 35.8 Å². The van der Waals surface area contributed by atoms with Crippen molar-refractivity contribution in [1.82, 2.24) is 5.32 Å². The number of hydrogen-bond acceptors (Lipinski definition) is 11. The van der Waals surface area contributed by atoms with Crippen LogP contribution in [0.4, 0.5) is 0 Å². The van der Waals surface area contributed by atoms with E-state index in [1.807, 2.05) is 0 Å². The van der Waals surface area contributed by atoms with Gasteiger partial charge in [-0.05, 0) is 0 Å². The van der Waals surface area contributed by atoms with Crippen LogP contribution in [-0.2, 0) is 52.5 Å². The molecule has 1 aliphatic rings. The molecule has 0 saturated heterocycles. The Balaban J connectivity index is 3.55. The number of aliphatic carboxylic acids is 1. The van der Waals surface area contributed by atoms with Gasteiger partial charge in [0.15, 0.2) is 18.3 Å². The lowest BCUT2D eigenvalue weighted by Gasteiger charge is -2.41. The molecule has 5 atom stereocenters. The van der Waals surface area contributed by atoms with E-state index in [0.717, 1.165) is 40.7 Å². The molecular weight excluding hydrogens is 434 g/mol. The van der Waals surface area contributed by atoms with E-state index in [4.69, 9.17) is 23.7 Å². The molecule has 13 nitrogen and oxygen atoms in total. The van der Waals surface area contributed by atoms with Crippen LogP contribution >= 0.6 is 0 Å². The van der Waals surface area contributed by atoms with Crippen LogP contribution in [0.15, 0.2) is 11.8 Å². The summed E-state index contributed by atoms with van der Waals surface area (Å²) in [6.07, 6.45) is -4.94. The Morgan fingerprint density at radius 1 is 0.969 bits per heavy atom. The number of carboxylic acid groups (broad SMARTS) is 1. The summed E-state index contributed by atoms with van der Waals surface area (Å²) in [4.78, 5) is 69.7. The van der Waals surface area contributed by atoms with Gasteiger partial charge in [0.05, 0.1) is 0 Å². The van der Waals surface area contributed by atoms with Gasteiger partial charge in [0.2, 0.25) is 11.7 Å². The van der Waals surface area contributed by atoms with Gasteiger partial charge < -0.3 is 34.1 Å². The van der Waals surface area contributed by atoms with Gasteiger partial charge in [-0.1, -0.05) is 0 Å². The normalized spacial score (nSPS) is 21.5. The average molecular weight is 459 g/mol. The van der Waals surface area contributed by atoms with Crippen molar-refractivity contribution in [2.24, 2.45) is 0 Å². The quantitative estimate of drug-likeness (QED) is 0.325. The molecule has 0 aliphatic carbocycles. The molecule has 1 rings (SSSR count). The van der Waals surface area contributed by atoms with Gasteiger partial charge in [0.25, 0.3) is 0 Å². The van der Waals surface area contributed by atoms with E-state index in [1.54, 1.807) is 0 Å². The largest absolute Gasteiger partial charge is 0.477 e. The van der Waals surface area contributed by atoms with Crippen molar-refractivity contribution in [3.05, 3.63) is 11.8 Å². The van der Waals surface area contributed by atoms with Gasteiger partial charge >= 0.3 is 29.8 Å². The van der Waals surface area contributed by atoms with Crippen molar-refractivity contribution in [3.63, 3.8) is 0 Å². The first kappa shape index (κ1) is 26.4. The molecule has 0 saturated carbocycles. The molecule has 2 N–H and O–H groups in total. The van der Waals surface area contributed by atoms with Gasteiger partial charge in [-0.2, -0.15) is 0 Å². The third-order valence-corrected chi connectivity index (χ3v) is 3.93. The lowest BCUT2D eigenvalue weighted by atomic mass is 9.93. The van der Waals surface area contributed by atoms with Crippen LogP contribution in [-0.4, -0.2) is 77.9 Å². The predicted molar refractivity (Wildman–Crippen MR) is 101 cm³/mol. The zero-order valence-electron chi connectivity index (χ0n) is 18.1. The second-order valence-electron chi connectivity index (χ2n) is 6.74. The molecule has 0 fully saturated rings. The first-order chi connectivity index (χ1) is 14.8. The fraction of sp³-hybridized carbons (Fsp3) is 0.579. The van der Waals surface area contributed by atoms with Crippen LogP contribution in [0.25, 0.3) is 0 Å². The molecule has 0 aromatic heterocycles. The Kier molecular flexibility index (Phi) is 9.63. The summed E-state index contributed by atoms with van der Waals surface area (Å²) in [6.45, 7) is 4.78. The Hall–Kier alpha value is -3.64. The van der Waals surface area contributed by atoms with E-state index in [0.29, 0.717) is 0 Å². The fourth-order valence-electron chi connectivity index (χ4n) is 2.94. The zero-order valence-corrected chi connectivity index (χ0v) is 18.1. The molecule has 0 aromatic rings. The second-order valence-corrected chi connectivity index (χ2v) is 6.74. The van der Waals surface area contributed by atoms with Gasteiger partial charge in [-0.3, -0.25) is 24.0 Å². The molecule has 0 radical (unpaired) electrons. The molecule has 1 heterocycles. The minimum Gasteiger partial charge on any atom is -0.477 e. The van der Waals surface area contributed by atoms with Crippen molar-refractivity contribution in [1.29, 1.82) is 0 Å². The monoisotopic (exact) mass is 459 g/mol. The number of hydrogen-bond donors (Lipinski definition) is 2. The fourth-order valence-corrected chi connectivity index (χ4v) is 2.94. The van der Waals surface area contributed by atoms with Gasteiger partial charge in [0.1, 0.15) is 18.8 Å². The smallest absolute Gasteiger partial charge is 0.370 e. The van der Waals surface area contributed by atoms with E-state index in [9.17, 15) is 33.9 Å². The van der Waals surface area contributed by atoms with Crippen LogP contribution in [0.5, 0.6) is 0 Å². The Bertz CT molecular complexity index is 804. The minimum absolute atomic E-state index is 0.580. The lowest BCUT2D eigenvalue weighted by Crippen LogP contribution is -2.62. The average Bonchev–Trinajstić information content (AvgIpc) is 2.63. The highest BCUT2D eigenvalue weighted by atomic mass is 16.6. The van der Waals surface area contributed by atoms with Gasteiger partial charge in [-0.15, -0.1) is 0 Å². The molecule has 0 spiro atoms. The molecular formula is C19H25NO12. The number of rotatable bonds is 9. The highest BCUT2D eigenvalue weighted by molar-refractivity contribution is 5.85. The maximum absolute atomic E-state index is 11.8. The summed E-state index contributed by atoms with van der Waals surface area (Å²) in [5.41, 5.74) is 0. The third kappa shape index (κ3) is 8.24.